The zero-order chi connectivity index (χ0) is 12.3. The quantitative estimate of drug-likeness (QED) is 0.625. The van der Waals surface area contributed by atoms with Gasteiger partial charge in [-0.2, -0.15) is 0 Å². The normalized spacial score (nSPS) is 11.2. The summed E-state index contributed by atoms with van der Waals surface area (Å²) in [5.41, 5.74) is 6.44. The molecule has 0 aliphatic heterocycles. The van der Waals surface area contributed by atoms with Gasteiger partial charge < -0.3 is 10.5 Å². The average Bonchev–Trinajstić information content (AvgIpc) is 2.14. The van der Waals surface area contributed by atoms with Gasteiger partial charge in [0.25, 0.3) is 0 Å². The van der Waals surface area contributed by atoms with Crippen LogP contribution in [0.2, 0.25) is 0 Å². The third kappa shape index (κ3) is 3.20. The number of ether oxygens (including phenoxy) is 1. The van der Waals surface area contributed by atoms with Crippen LogP contribution >= 0.6 is 0 Å². The zero-order valence-electron chi connectivity index (χ0n) is 9.69. The zero-order valence-corrected chi connectivity index (χ0v) is 9.69. The summed E-state index contributed by atoms with van der Waals surface area (Å²) >= 11 is 0. The van der Waals surface area contributed by atoms with Crippen LogP contribution in [-0.2, 0) is 6.42 Å². The highest BCUT2D eigenvalue weighted by Gasteiger charge is 2.17. The summed E-state index contributed by atoms with van der Waals surface area (Å²) in [6.07, 6.45) is 0.640. The van der Waals surface area contributed by atoms with E-state index < -0.39 is 4.92 Å². The lowest BCUT2D eigenvalue weighted by Crippen LogP contribution is -2.34. The van der Waals surface area contributed by atoms with Crippen molar-refractivity contribution in [2.24, 2.45) is 5.73 Å². The Labute approximate surface area is 94.4 Å². The minimum Gasteiger partial charge on any atom is -0.490 e. The summed E-state index contributed by atoms with van der Waals surface area (Å²) in [5.74, 6) is 0.270. The molecule has 5 nitrogen and oxygen atoms in total. The maximum absolute atomic E-state index is 10.7. The first-order valence-corrected chi connectivity index (χ1v) is 4.93. The number of nitrogens with two attached hydrogens (primary N) is 1. The van der Waals surface area contributed by atoms with E-state index in [0.717, 1.165) is 5.56 Å². The molecule has 0 saturated heterocycles. The van der Waals surface area contributed by atoms with Crippen molar-refractivity contribution >= 4 is 5.69 Å². The van der Waals surface area contributed by atoms with E-state index in [-0.39, 0.29) is 17.0 Å². The SMILES string of the molecule is COc1cc(CC(C)(C)N)ccc1[N+](=O)[O-]. The molecule has 0 saturated carbocycles. The van der Waals surface area contributed by atoms with Crippen LogP contribution in [0.25, 0.3) is 0 Å². The van der Waals surface area contributed by atoms with Gasteiger partial charge in [-0.1, -0.05) is 6.07 Å². The first-order valence-electron chi connectivity index (χ1n) is 4.93. The molecule has 2 N–H and O–H groups in total. The van der Waals surface area contributed by atoms with Crippen LogP contribution in [0.15, 0.2) is 18.2 Å². The first kappa shape index (κ1) is 12.4. The molecule has 88 valence electrons. The van der Waals surface area contributed by atoms with Crippen LogP contribution in [-0.4, -0.2) is 17.6 Å². The Morgan fingerprint density at radius 1 is 1.50 bits per heavy atom. The van der Waals surface area contributed by atoms with E-state index in [2.05, 4.69) is 0 Å². The molecule has 0 aliphatic rings. The fourth-order valence-corrected chi connectivity index (χ4v) is 1.51. The molecule has 0 radical (unpaired) electrons. The summed E-state index contributed by atoms with van der Waals surface area (Å²) < 4.78 is 4.98. The van der Waals surface area contributed by atoms with Crippen molar-refractivity contribution in [3.63, 3.8) is 0 Å². The molecule has 16 heavy (non-hydrogen) atoms. The van der Waals surface area contributed by atoms with Crippen LogP contribution in [0.5, 0.6) is 5.75 Å². The highest BCUT2D eigenvalue weighted by atomic mass is 16.6. The van der Waals surface area contributed by atoms with Gasteiger partial charge in [0.1, 0.15) is 0 Å². The van der Waals surface area contributed by atoms with Gasteiger partial charge in [0.2, 0.25) is 0 Å². The maximum Gasteiger partial charge on any atom is 0.310 e. The van der Waals surface area contributed by atoms with E-state index in [1.165, 1.54) is 13.2 Å². The lowest BCUT2D eigenvalue weighted by atomic mass is 9.96. The number of hydrogen-bond acceptors (Lipinski definition) is 4. The predicted molar refractivity (Wildman–Crippen MR) is 61.6 cm³/mol. The Morgan fingerprint density at radius 3 is 2.56 bits per heavy atom. The second-order valence-electron chi connectivity index (χ2n) is 4.43. The van der Waals surface area contributed by atoms with Gasteiger partial charge in [-0.15, -0.1) is 0 Å². The fraction of sp³-hybridized carbons (Fsp3) is 0.455. The summed E-state index contributed by atoms with van der Waals surface area (Å²) in [7, 11) is 1.42. The molecule has 0 unspecified atom stereocenters. The van der Waals surface area contributed by atoms with E-state index in [1.54, 1.807) is 12.1 Å². The van der Waals surface area contributed by atoms with Crippen molar-refractivity contribution in [1.29, 1.82) is 0 Å². The average molecular weight is 224 g/mol. The van der Waals surface area contributed by atoms with Crippen LogP contribution in [0.1, 0.15) is 19.4 Å². The highest BCUT2D eigenvalue weighted by molar-refractivity contribution is 5.48. The molecule has 5 heteroatoms. The summed E-state index contributed by atoms with van der Waals surface area (Å²) in [6, 6.07) is 4.81. The van der Waals surface area contributed by atoms with E-state index in [0.29, 0.717) is 6.42 Å². The minimum atomic E-state index is -0.462. The van der Waals surface area contributed by atoms with Gasteiger partial charge in [0, 0.05) is 11.6 Å². The summed E-state index contributed by atoms with van der Waals surface area (Å²) in [4.78, 5) is 10.2. The number of methoxy groups -OCH3 is 1. The van der Waals surface area contributed by atoms with Crippen molar-refractivity contribution < 1.29 is 9.66 Å². The number of hydrogen-bond donors (Lipinski definition) is 1. The second kappa shape index (κ2) is 4.49. The summed E-state index contributed by atoms with van der Waals surface area (Å²) in [5, 5.41) is 10.7. The number of benzene rings is 1. The molecular formula is C11H16N2O3. The van der Waals surface area contributed by atoms with Crippen LogP contribution < -0.4 is 10.5 Å². The molecule has 0 bridgehead atoms. The number of rotatable bonds is 4. The number of nitrogens with zero attached hydrogens (tertiary/aromatic N) is 1. The van der Waals surface area contributed by atoms with Gasteiger partial charge in [0.05, 0.1) is 12.0 Å². The van der Waals surface area contributed by atoms with Crippen molar-refractivity contribution in [2.75, 3.05) is 7.11 Å². The molecule has 0 amide bonds. The number of nitro groups is 1. The molecule has 0 aliphatic carbocycles. The van der Waals surface area contributed by atoms with Crippen molar-refractivity contribution in [3.05, 3.63) is 33.9 Å². The molecule has 1 aromatic rings. The molecule has 0 fully saturated rings. The lowest BCUT2D eigenvalue weighted by molar-refractivity contribution is -0.385. The molecular weight excluding hydrogens is 208 g/mol. The third-order valence-electron chi connectivity index (χ3n) is 2.10. The van der Waals surface area contributed by atoms with E-state index in [9.17, 15) is 10.1 Å². The number of nitro benzene ring substituents is 1. The van der Waals surface area contributed by atoms with Gasteiger partial charge in [-0.3, -0.25) is 10.1 Å². The molecule has 0 heterocycles. The van der Waals surface area contributed by atoms with Gasteiger partial charge in [-0.25, -0.2) is 0 Å². The Kier molecular flexibility index (Phi) is 3.49. The van der Waals surface area contributed by atoms with E-state index >= 15 is 0 Å². The Hall–Kier alpha value is -1.62. The van der Waals surface area contributed by atoms with Gasteiger partial charge in [-0.05, 0) is 31.9 Å². The Morgan fingerprint density at radius 2 is 2.12 bits per heavy atom. The molecule has 0 atom stereocenters. The van der Waals surface area contributed by atoms with E-state index in [1.807, 2.05) is 13.8 Å². The largest absolute Gasteiger partial charge is 0.490 e. The van der Waals surface area contributed by atoms with Gasteiger partial charge in [0.15, 0.2) is 5.75 Å². The van der Waals surface area contributed by atoms with Crippen LogP contribution in [0, 0.1) is 10.1 Å². The molecule has 0 spiro atoms. The topological polar surface area (TPSA) is 78.4 Å². The second-order valence-corrected chi connectivity index (χ2v) is 4.43. The summed E-state index contributed by atoms with van der Waals surface area (Å²) in [6.45, 7) is 3.81. The monoisotopic (exact) mass is 224 g/mol. The van der Waals surface area contributed by atoms with Gasteiger partial charge >= 0.3 is 5.69 Å². The van der Waals surface area contributed by atoms with Crippen LogP contribution in [0.3, 0.4) is 0 Å². The third-order valence-corrected chi connectivity index (χ3v) is 2.10. The Balaban J connectivity index is 3.05. The van der Waals surface area contributed by atoms with Crippen LogP contribution in [0.4, 0.5) is 5.69 Å². The van der Waals surface area contributed by atoms with Crippen molar-refractivity contribution in [1.82, 2.24) is 0 Å². The standard InChI is InChI=1S/C11H16N2O3/c1-11(2,12)7-8-4-5-9(13(14)15)10(6-8)16-3/h4-6H,7,12H2,1-3H3. The Bertz CT molecular complexity index is 397. The lowest BCUT2D eigenvalue weighted by Gasteiger charge is -2.18. The molecule has 1 aromatic carbocycles. The fourth-order valence-electron chi connectivity index (χ4n) is 1.51. The maximum atomic E-state index is 10.7. The first-order chi connectivity index (χ1) is 7.33. The molecule has 1 rings (SSSR count). The van der Waals surface area contributed by atoms with Crippen molar-refractivity contribution in [2.45, 2.75) is 25.8 Å². The smallest absolute Gasteiger partial charge is 0.310 e. The predicted octanol–water partition coefficient (Wildman–Crippen LogP) is 1.88. The molecule has 0 aromatic heterocycles. The highest BCUT2D eigenvalue weighted by Crippen LogP contribution is 2.28. The van der Waals surface area contributed by atoms with Crippen molar-refractivity contribution in [3.8, 4) is 5.75 Å². The minimum absolute atomic E-state index is 0.0268. The van der Waals surface area contributed by atoms with E-state index in [4.69, 9.17) is 10.5 Å².